The van der Waals surface area contributed by atoms with E-state index in [4.69, 9.17) is 21.5 Å². The molecule has 0 bridgehead atoms. The van der Waals surface area contributed by atoms with Gasteiger partial charge in [0.15, 0.2) is 6.10 Å². The molecule has 1 unspecified atom stereocenters. The van der Waals surface area contributed by atoms with Gasteiger partial charge in [-0.05, 0) is 12.8 Å². The number of unbranched alkanes of at least 4 members (excludes halogenated alkanes) is 1. The Kier molecular flexibility index (Phi) is 7.27. The number of terminal acetylenes is 1. The number of rotatable bonds is 7. The zero-order valence-electron chi connectivity index (χ0n) is 8.81. The van der Waals surface area contributed by atoms with Crippen molar-refractivity contribution in [2.75, 3.05) is 0 Å². The molecule has 5 heteroatoms. The maximum atomic E-state index is 11.1. The number of carbonyl (C=O) groups is 2. The molecule has 16 heavy (non-hydrogen) atoms. The van der Waals surface area contributed by atoms with Crippen molar-refractivity contribution in [2.45, 2.75) is 38.2 Å². The Balaban J connectivity index is 3.85. The first kappa shape index (κ1) is 14.0. The normalized spacial score (nSPS) is 10.9. The number of ether oxygens (including phenoxy) is 1. The van der Waals surface area contributed by atoms with E-state index >= 15 is 0 Å². The van der Waals surface area contributed by atoms with E-state index < -0.39 is 18.0 Å². The minimum atomic E-state index is -1.06. The van der Waals surface area contributed by atoms with Crippen molar-refractivity contribution in [3.63, 3.8) is 0 Å². The van der Waals surface area contributed by atoms with Gasteiger partial charge in [-0.15, -0.1) is 6.42 Å². The lowest BCUT2D eigenvalue weighted by atomic mass is 10.1. The molecular formula is C11H13NO4. The van der Waals surface area contributed by atoms with Crippen molar-refractivity contribution in [2.24, 2.45) is 0 Å². The predicted octanol–water partition coefficient (Wildman–Crippen LogP) is 1.09. The number of hydrogen-bond donors (Lipinski definition) is 1. The SMILES string of the molecule is C#CC(CCCC#N)OC(=O)CCC(=O)O. The molecular weight excluding hydrogens is 210 g/mol. The summed E-state index contributed by atoms with van der Waals surface area (Å²) < 4.78 is 4.85. The minimum absolute atomic E-state index is 0.189. The largest absolute Gasteiger partial charge is 0.481 e. The van der Waals surface area contributed by atoms with Crippen LogP contribution < -0.4 is 0 Å². The van der Waals surface area contributed by atoms with Crippen molar-refractivity contribution in [1.29, 1.82) is 5.26 Å². The summed E-state index contributed by atoms with van der Waals surface area (Å²) in [6.07, 6.45) is 5.33. The lowest BCUT2D eigenvalue weighted by molar-refractivity contribution is -0.150. The Bertz CT molecular complexity index is 324. The van der Waals surface area contributed by atoms with Crippen LogP contribution in [-0.2, 0) is 14.3 Å². The molecule has 0 saturated heterocycles. The summed E-state index contributed by atoms with van der Waals surface area (Å²) in [7, 11) is 0. The van der Waals surface area contributed by atoms with E-state index in [1.54, 1.807) is 0 Å². The average molecular weight is 223 g/mol. The van der Waals surface area contributed by atoms with Crippen LogP contribution in [0.25, 0.3) is 0 Å². The molecule has 0 aromatic carbocycles. The second-order valence-corrected chi connectivity index (χ2v) is 3.09. The van der Waals surface area contributed by atoms with Crippen LogP contribution in [0.4, 0.5) is 0 Å². The monoisotopic (exact) mass is 223 g/mol. The first-order valence-corrected chi connectivity index (χ1v) is 4.84. The Morgan fingerprint density at radius 1 is 1.44 bits per heavy atom. The number of esters is 1. The molecule has 0 aromatic rings. The standard InChI is InChI=1S/C11H13NO4/c1-2-9(5-3-4-8-12)16-11(15)7-6-10(13)14/h1,9H,3-7H2,(H,13,14). The highest BCUT2D eigenvalue weighted by molar-refractivity contribution is 5.76. The van der Waals surface area contributed by atoms with Crippen molar-refractivity contribution < 1.29 is 19.4 Å². The highest BCUT2D eigenvalue weighted by Crippen LogP contribution is 2.06. The first-order valence-electron chi connectivity index (χ1n) is 4.84. The third kappa shape index (κ3) is 7.40. The van der Waals surface area contributed by atoms with E-state index in [1.165, 1.54) is 0 Å². The van der Waals surface area contributed by atoms with E-state index in [1.807, 2.05) is 6.07 Å². The molecule has 0 rings (SSSR count). The number of carboxylic acid groups (broad SMARTS) is 1. The first-order chi connectivity index (χ1) is 7.60. The maximum Gasteiger partial charge on any atom is 0.307 e. The third-order valence-corrected chi connectivity index (χ3v) is 1.76. The van der Waals surface area contributed by atoms with Crippen molar-refractivity contribution >= 4 is 11.9 Å². The molecule has 5 nitrogen and oxygen atoms in total. The summed E-state index contributed by atoms with van der Waals surface area (Å²) in [4.78, 5) is 21.3. The summed E-state index contributed by atoms with van der Waals surface area (Å²) in [5.74, 6) is 0.600. The molecule has 0 aliphatic heterocycles. The minimum Gasteiger partial charge on any atom is -0.481 e. The van der Waals surface area contributed by atoms with Crippen molar-refractivity contribution in [3.8, 4) is 18.4 Å². The predicted molar refractivity (Wildman–Crippen MR) is 55.0 cm³/mol. The molecule has 0 heterocycles. The second kappa shape index (κ2) is 8.31. The summed E-state index contributed by atoms with van der Waals surface area (Å²) in [5, 5.41) is 16.6. The van der Waals surface area contributed by atoms with Crippen LogP contribution in [0.5, 0.6) is 0 Å². The third-order valence-electron chi connectivity index (χ3n) is 1.76. The molecule has 0 fully saturated rings. The maximum absolute atomic E-state index is 11.1. The van der Waals surface area contributed by atoms with Crippen LogP contribution in [0.15, 0.2) is 0 Å². The van der Waals surface area contributed by atoms with E-state index in [2.05, 4.69) is 5.92 Å². The van der Waals surface area contributed by atoms with Gasteiger partial charge in [0.2, 0.25) is 0 Å². The van der Waals surface area contributed by atoms with Gasteiger partial charge >= 0.3 is 11.9 Å². The van der Waals surface area contributed by atoms with Gasteiger partial charge in [-0.1, -0.05) is 5.92 Å². The Morgan fingerprint density at radius 3 is 2.62 bits per heavy atom. The van der Waals surface area contributed by atoms with Crippen LogP contribution in [0.3, 0.4) is 0 Å². The highest BCUT2D eigenvalue weighted by Gasteiger charge is 2.12. The van der Waals surface area contributed by atoms with E-state index in [9.17, 15) is 9.59 Å². The lowest BCUT2D eigenvalue weighted by Gasteiger charge is -2.10. The van der Waals surface area contributed by atoms with Gasteiger partial charge < -0.3 is 9.84 Å². The van der Waals surface area contributed by atoms with Crippen LogP contribution in [-0.4, -0.2) is 23.1 Å². The lowest BCUT2D eigenvalue weighted by Crippen LogP contribution is -2.17. The summed E-state index contributed by atoms with van der Waals surface area (Å²) in [6, 6.07) is 1.95. The topological polar surface area (TPSA) is 87.4 Å². The quantitative estimate of drug-likeness (QED) is 0.396. The Hall–Kier alpha value is -2.01. The van der Waals surface area contributed by atoms with Gasteiger partial charge in [-0.3, -0.25) is 9.59 Å². The van der Waals surface area contributed by atoms with E-state index in [0.29, 0.717) is 19.3 Å². The van der Waals surface area contributed by atoms with Gasteiger partial charge in [0.1, 0.15) is 0 Å². The molecule has 1 atom stereocenters. The Labute approximate surface area is 94.0 Å². The van der Waals surface area contributed by atoms with Gasteiger partial charge in [-0.25, -0.2) is 0 Å². The molecule has 0 aromatic heterocycles. The fourth-order valence-electron chi connectivity index (χ4n) is 0.969. The molecule has 1 N–H and O–H groups in total. The van der Waals surface area contributed by atoms with Crippen LogP contribution in [0.1, 0.15) is 32.1 Å². The van der Waals surface area contributed by atoms with Gasteiger partial charge in [-0.2, -0.15) is 5.26 Å². The number of carboxylic acids is 1. The molecule has 0 aliphatic rings. The fourth-order valence-corrected chi connectivity index (χ4v) is 0.969. The molecule has 0 amide bonds. The molecule has 0 saturated carbocycles. The number of nitriles is 1. The Morgan fingerprint density at radius 2 is 2.12 bits per heavy atom. The summed E-state index contributed by atoms with van der Waals surface area (Å²) in [6.45, 7) is 0. The van der Waals surface area contributed by atoms with Crippen LogP contribution in [0.2, 0.25) is 0 Å². The zero-order valence-corrected chi connectivity index (χ0v) is 8.81. The number of hydrogen-bond acceptors (Lipinski definition) is 4. The molecule has 86 valence electrons. The molecule has 0 radical (unpaired) electrons. The smallest absolute Gasteiger partial charge is 0.307 e. The molecule has 0 aliphatic carbocycles. The van der Waals surface area contributed by atoms with Gasteiger partial charge in [0, 0.05) is 6.42 Å². The zero-order chi connectivity index (χ0) is 12.4. The van der Waals surface area contributed by atoms with Crippen LogP contribution in [0, 0.1) is 23.7 Å². The van der Waals surface area contributed by atoms with Crippen molar-refractivity contribution in [1.82, 2.24) is 0 Å². The molecule has 0 spiro atoms. The van der Waals surface area contributed by atoms with E-state index in [0.717, 1.165) is 0 Å². The number of aliphatic carboxylic acids is 1. The highest BCUT2D eigenvalue weighted by atomic mass is 16.5. The number of nitrogens with zero attached hydrogens (tertiary/aromatic N) is 1. The second-order valence-electron chi connectivity index (χ2n) is 3.09. The summed E-state index contributed by atoms with van der Waals surface area (Å²) >= 11 is 0. The van der Waals surface area contributed by atoms with Crippen molar-refractivity contribution in [3.05, 3.63) is 0 Å². The average Bonchev–Trinajstić information content (AvgIpc) is 2.25. The fraction of sp³-hybridized carbons (Fsp3) is 0.545. The van der Waals surface area contributed by atoms with E-state index in [-0.39, 0.29) is 12.8 Å². The van der Waals surface area contributed by atoms with Gasteiger partial charge in [0.05, 0.1) is 18.9 Å². The summed E-state index contributed by atoms with van der Waals surface area (Å²) in [5.41, 5.74) is 0. The van der Waals surface area contributed by atoms with Gasteiger partial charge in [0.25, 0.3) is 0 Å². The van der Waals surface area contributed by atoms with Crippen LogP contribution >= 0.6 is 0 Å². The number of carbonyl (C=O) groups excluding carboxylic acids is 1.